The van der Waals surface area contributed by atoms with Gasteiger partial charge in [0.05, 0.1) is 5.56 Å². The van der Waals surface area contributed by atoms with Crippen molar-refractivity contribution in [3.8, 4) is 0 Å². The summed E-state index contributed by atoms with van der Waals surface area (Å²) in [5.74, 6) is -0.691. The number of nitrogens with zero attached hydrogens (tertiary/aromatic N) is 2. The first-order valence-electron chi connectivity index (χ1n) is 8.14. The van der Waals surface area contributed by atoms with E-state index >= 15 is 0 Å². The topological polar surface area (TPSA) is 23.6 Å². The number of benzene rings is 2. The lowest BCUT2D eigenvalue weighted by molar-refractivity contribution is 0.0756. The highest BCUT2D eigenvalue weighted by Crippen LogP contribution is 2.18. The highest BCUT2D eigenvalue weighted by molar-refractivity contribution is 9.10. The molecule has 5 heteroatoms. The minimum atomic E-state index is -0.464. The van der Waals surface area contributed by atoms with Crippen LogP contribution in [0.15, 0.2) is 53.0 Å². The zero-order valence-electron chi connectivity index (χ0n) is 13.4. The van der Waals surface area contributed by atoms with E-state index in [4.69, 9.17) is 0 Å². The molecular formula is C19H20BrFN2O. The van der Waals surface area contributed by atoms with Crippen LogP contribution in [0.1, 0.15) is 22.3 Å². The lowest BCUT2D eigenvalue weighted by atomic mass is 10.2. The van der Waals surface area contributed by atoms with Crippen molar-refractivity contribution >= 4 is 21.8 Å². The second kappa shape index (κ2) is 7.90. The maximum Gasteiger partial charge on any atom is 0.256 e. The van der Waals surface area contributed by atoms with Crippen molar-refractivity contribution in [2.75, 3.05) is 26.2 Å². The van der Waals surface area contributed by atoms with Gasteiger partial charge in [-0.3, -0.25) is 9.69 Å². The summed E-state index contributed by atoms with van der Waals surface area (Å²) in [5.41, 5.74) is 1.41. The van der Waals surface area contributed by atoms with Gasteiger partial charge in [0.25, 0.3) is 5.91 Å². The quantitative estimate of drug-likeness (QED) is 0.792. The largest absolute Gasteiger partial charge is 0.337 e. The van der Waals surface area contributed by atoms with Crippen molar-refractivity contribution in [1.82, 2.24) is 9.80 Å². The summed E-state index contributed by atoms with van der Waals surface area (Å²) in [5, 5.41) is 0. The van der Waals surface area contributed by atoms with Crippen molar-refractivity contribution < 1.29 is 9.18 Å². The molecular weight excluding hydrogens is 371 g/mol. The van der Waals surface area contributed by atoms with E-state index in [-0.39, 0.29) is 11.5 Å². The molecule has 126 valence electrons. The maximum atomic E-state index is 14.0. The summed E-state index contributed by atoms with van der Waals surface area (Å²) in [4.78, 5) is 16.7. The van der Waals surface area contributed by atoms with Gasteiger partial charge >= 0.3 is 0 Å². The van der Waals surface area contributed by atoms with Crippen LogP contribution in [0.2, 0.25) is 0 Å². The molecule has 2 aromatic carbocycles. The Balaban J connectivity index is 1.65. The van der Waals surface area contributed by atoms with Crippen LogP contribution in [0.5, 0.6) is 0 Å². The Kier molecular flexibility index (Phi) is 5.63. The number of hydrogen-bond donors (Lipinski definition) is 0. The zero-order valence-corrected chi connectivity index (χ0v) is 15.0. The van der Waals surface area contributed by atoms with Crippen molar-refractivity contribution in [2.45, 2.75) is 13.0 Å². The zero-order chi connectivity index (χ0) is 16.9. The predicted octanol–water partition coefficient (Wildman–Crippen LogP) is 3.94. The van der Waals surface area contributed by atoms with E-state index in [2.05, 4.69) is 33.0 Å². The van der Waals surface area contributed by atoms with Gasteiger partial charge in [-0.1, -0.05) is 46.3 Å². The molecule has 1 aliphatic heterocycles. The average molecular weight is 391 g/mol. The first-order chi connectivity index (χ1) is 11.6. The number of amides is 1. The number of halogens is 2. The van der Waals surface area contributed by atoms with E-state index in [1.54, 1.807) is 17.0 Å². The molecule has 0 aromatic heterocycles. The first kappa shape index (κ1) is 17.1. The maximum absolute atomic E-state index is 14.0. The van der Waals surface area contributed by atoms with Gasteiger partial charge in [-0.15, -0.1) is 0 Å². The van der Waals surface area contributed by atoms with Gasteiger partial charge in [-0.25, -0.2) is 4.39 Å². The van der Waals surface area contributed by atoms with Crippen molar-refractivity contribution in [1.29, 1.82) is 0 Å². The average Bonchev–Trinajstić information content (AvgIpc) is 2.83. The highest BCUT2D eigenvalue weighted by Gasteiger charge is 2.22. The predicted molar refractivity (Wildman–Crippen MR) is 96.3 cm³/mol. The first-order valence-corrected chi connectivity index (χ1v) is 8.93. The third kappa shape index (κ3) is 4.22. The molecule has 0 atom stereocenters. The molecule has 24 heavy (non-hydrogen) atoms. The molecule has 0 saturated carbocycles. The molecule has 2 aromatic rings. The lowest BCUT2D eigenvalue weighted by Gasteiger charge is -2.22. The molecule has 1 amide bonds. The summed E-state index contributed by atoms with van der Waals surface area (Å²) in [6, 6.07) is 14.8. The molecule has 1 saturated heterocycles. The Bertz CT molecular complexity index is 708. The van der Waals surface area contributed by atoms with Crippen LogP contribution < -0.4 is 0 Å². The van der Waals surface area contributed by atoms with Crippen LogP contribution >= 0.6 is 15.9 Å². The smallest absolute Gasteiger partial charge is 0.256 e. The molecule has 3 rings (SSSR count). The Morgan fingerprint density at radius 2 is 1.83 bits per heavy atom. The van der Waals surface area contributed by atoms with Gasteiger partial charge < -0.3 is 4.90 Å². The van der Waals surface area contributed by atoms with E-state index in [9.17, 15) is 9.18 Å². The van der Waals surface area contributed by atoms with E-state index in [1.165, 1.54) is 11.6 Å². The molecule has 3 nitrogen and oxygen atoms in total. The van der Waals surface area contributed by atoms with Crippen LogP contribution in [0, 0.1) is 5.82 Å². The molecule has 0 aliphatic carbocycles. The molecule has 0 N–H and O–H groups in total. The summed E-state index contributed by atoms with van der Waals surface area (Å²) in [7, 11) is 0. The Hall–Kier alpha value is -1.72. The van der Waals surface area contributed by atoms with Gasteiger partial charge in [0.15, 0.2) is 0 Å². The molecule has 0 spiro atoms. The Morgan fingerprint density at radius 3 is 2.62 bits per heavy atom. The summed E-state index contributed by atoms with van der Waals surface area (Å²) >= 11 is 3.31. The molecule has 1 heterocycles. The van der Waals surface area contributed by atoms with Crippen molar-refractivity contribution in [3.05, 3.63) is 69.9 Å². The summed E-state index contributed by atoms with van der Waals surface area (Å²) in [6.07, 6.45) is 0.897. The van der Waals surface area contributed by atoms with Gasteiger partial charge in [-0.2, -0.15) is 0 Å². The SMILES string of the molecule is O=C(c1cc(Br)ccc1F)N1CCCN(Cc2ccccc2)CC1. The minimum Gasteiger partial charge on any atom is -0.337 e. The number of carbonyl (C=O) groups excluding carboxylic acids is 1. The lowest BCUT2D eigenvalue weighted by Crippen LogP contribution is -2.35. The molecule has 0 radical (unpaired) electrons. The fourth-order valence-electron chi connectivity index (χ4n) is 3.01. The summed E-state index contributed by atoms with van der Waals surface area (Å²) in [6.45, 7) is 3.91. The normalized spacial score (nSPS) is 16.0. The fourth-order valence-corrected chi connectivity index (χ4v) is 3.37. The third-order valence-corrected chi connectivity index (χ3v) is 4.78. The summed E-state index contributed by atoms with van der Waals surface area (Å²) < 4.78 is 14.7. The Labute approximate surface area is 150 Å². The van der Waals surface area contributed by atoms with Gasteiger partial charge in [0, 0.05) is 37.2 Å². The van der Waals surface area contributed by atoms with Crippen LogP contribution in [0.4, 0.5) is 4.39 Å². The molecule has 0 bridgehead atoms. The van der Waals surface area contributed by atoms with E-state index in [0.29, 0.717) is 17.6 Å². The van der Waals surface area contributed by atoms with Crippen LogP contribution in [0.25, 0.3) is 0 Å². The van der Waals surface area contributed by atoms with E-state index in [0.717, 1.165) is 26.1 Å². The fraction of sp³-hybridized carbons (Fsp3) is 0.316. The standard InChI is InChI=1S/C19H20BrFN2O/c20-16-7-8-18(21)17(13-16)19(24)23-10-4-9-22(11-12-23)14-15-5-2-1-3-6-15/h1-3,5-8,13H,4,9-12,14H2. The Morgan fingerprint density at radius 1 is 1.04 bits per heavy atom. The van der Waals surface area contributed by atoms with Gasteiger partial charge in [0.2, 0.25) is 0 Å². The van der Waals surface area contributed by atoms with Gasteiger partial charge in [-0.05, 0) is 30.2 Å². The van der Waals surface area contributed by atoms with Crippen LogP contribution in [0.3, 0.4) is 0 Å². The van der Waals surface area contributed by atoms with E-state index in [1.807, 2.05) is 18.2 Å². The van der Waals surface area contributed by atoms with Crippen molar-refractivity contribution in [3.63, 3.8) is 0 Å². The minimum absolute atomic E-state index is 0.140. The molecule has 0 unspecified atom stereocenters. The number of hydrogen-bond acceptors (Lipinski definition) is 2. The van der Waals surface area contributed by atoms with Crippen molar-refractivity contribution in [2.24, 2.45) is 0 Å². The monoisotopic (exact) mass is 390 g/mol. The van der Waals surface area contributed by atoms with Gasteiger partial charge in [0.1, 0.15) is 5.82 Å². The third-order valence-electron chi connectivity index (χ3n) is 4.28. The van der Waals surface area contributed by atoms with Crippen LogP contribution in [-0.2, 0) is 6.54 Å². The second-order valence-corrected chi connectivity index (χ2v) is 6.95. The second-order valence-electron chi connectivity index (χ2n) is 6.03. The number of rotatable bonds is 3. The number of carbonyl (C=O) groups is 1. The van der Waals surface area contributed by atoms with E-state index < -0.39 is 5.82 Å². The van der Waals surface area contributed by atoms with Crippen LogP contribution in [-0.4, -0.2) is 41.9 Å². The molecule has 1 aliphatic rings. The highest BCUT2D eigenvalue weighted by atomic mass is 79.9. The molecule has 1 fully saturated rings.